The van der Waals surface area contributed by atoms with E-state index in [4.69, 9.17) is 9.78 Å². The number of nitriles is 1. The molecule has 0 spiro atoms. The molecular formula is C22H14N4O2. The van der Waals surface area contributed by atoms with Gasteiger partial charge in [0.1, 0.15) is 0 Å². The molecule has 0 saturated carbocycles. The molecule has 0 saturated heterocycles. The second-order valence-electron chi connectivity index (χ2n) is 6.01. The van der Waals surface area contributed by atoms with Gasteiger partial charge in [-0.05, 0) is 42.5 Å². The second-order valence-corrected chi connectivity index (χ2v) is 6.01. The number of carbonyl (C=O) groups excluding carboxylic acids is 1. The molecule has 0 aliphatic heterocycles. The summed E-state index contributed by atoms with van der Waals surface area (Å²) in [5, 5.41) is 15.7. The van der Waals surface area contributed by atoms with Crippen LogP contribution in [-0.4, -0.2) is 16.0 Å². The van der Waals surface area contributed by atoms with Crippen LogP contribution in [0.4, 0.5) is 5.69 Å². The Balaban J connectivity index is 1.50. The Labute approximate surface area is 161 Å². The quantitative estimate of drug-likeness (QED) is 0.573. The summed E-state index contributed by atoms with van der Waals surface area (Å²) in [6.45, 7) is 0. The van der Waals surface area contributed by atoms with Crippen LogP contribution in [0.2, 0.25) is 0 Å². The molecule has 28 heavy (non-hydrogen) atoms. The van der Waals surface area contributed by atoms with Crippen molar-refractivity contribution in [2.24, 2.45) is 0 Å². The molecule has 1 heterocycles. The summed E-state index contributed by atoms with van der Waals surface area (Å²) in [7, 11) is 0. The van der Waals surface area contributed by atoms with Gasteiger partial charge in [0.25, 0.3) is 11.8 Å². The van der Waals surface area contributed by atoms with E-state index in [2.05, 4.69) is 15.5 Å². The van der Waals surface area contributed by atoms with Crippen LogP contribution in [0.3, 0.4) is 0 Å². The van der Waals surface area contributed by atoms with Crippen molar-refractivity contribution in [2.75, 3.05) is 5.32 Å². The molecule has 6 heteroatoms. The zero-order valence-electron chi connectivity index (χ0n) is 14.7. The molecule has 0 radical (unpaired) electrons. The van der Waals surface area contributed by atoms with Crippen LogP contribution in [-0.2, 0) is 0 Å². The molecule has 3 aromatic carbocycles. The highest BCUT2D eigenvalue weighted by Crippen LogP contribution is 2.22. The van der Waals surface area contributed by atoms with Crippen molar-refractivity contribution in [3.8, 4) is 28.9 Å². The van der Waals surface area contributed by atoms with Gasteiger partial charge in [-0.25, -0.2) is 0 Å². The van der Waals surface area contributed by atoms with E-state index >= 15 is 0 Å². The summed E-state index contributed by atoms with van der Waals surface area (Å²) < 4.78 is 5.33. The van der Waals surface area contributed by atoms with Crippen molar-refractivity contribution < 1.29 is 9.32 Å². The largest absolute Gasteiger partial charge is 0.334 e. The summed E-state index contributed by atoms with van der Waals surface area (Å²) in [5.74, 6) is 0.625. The van der Waals surface area contributed by atoms with Gasteiger partial charge in [-0.1, -0.05) is 41.6 Å². The van der Waals surface area contributed by atoms with Crippen molar-refractivity contribution in [2.45, 2.75) is 0 Å². The molecule has 4 aromatic rings. The molecule has 0 atom stereocenters. The van der Waals surface area contributed by atoms with Gasteiger partial charge in [0.15, 0.2) is 0 Å². The number of carbonyl (C=O) groups is 1. The van der Waals surface area contributed by atoms with Crippen LogP contribution in [0.25, 0.3) is 22.8 Å². The Morgan fingerprint density at radius 2 is 1.71 bits per heavy atom. The Bertz CT molecular complexity index is 1160. The highest BCUT2D eigenvalue weighted by Gasteiger charge is 2.12. The molecule has 0 unspecified atom stereocenters. The first-order valence-electron chi connectivity index (χ1n) is 8.54. The molecule has 0 aliphatic carbocycles. The molecule has 4 rings (SSSR count). The monoisotopic (exact) mass is 366 g/mol. The molecule has 1 amide bonds. The lowest BCUT2D eigenvalue weighted by Crippen LogP contribution is -2.11. The normalized spacial score (nSPS) is 10.2. The Morgan fingerprint density at radius 3 is 2.46 bits per heavy atom. The zero-order valence-corrected chi connectivity index (χ0v) is 14.7. The number of benzene rings is 3. The maximum Gasteiger partial charge on any atom is 0.258 e. The Kier molecular flexibility index (Phi) is 4.64. The van der Waals surface area contributed by atoms with Crippen LogP contribution in [0.1, 0.15) is 15.9 Å². The van der Waals surface area contributed by atoms with Gasteiger partial charge in [-0.3, -0.25) is 4.79 Å². The average molecular weight is 366 g/mol. The van der Waals surface area contributed by atoms with E-state index in [0.29, 0.717) is 28.5 Å². The van der Waals surface area contributed by atoms with Gasteiger partial charge < -0.3 is 9.84 Å². The highest BCUT2D eigenvalue weighted by molar-refractivity contribution is 6.04. The number of hydrogen-bond acceptors (Lipinski definition) is 5. The lowest BCUT2D eigenvalue weighted by Gasteiger charge is -2.05. The summed E-state index contributed by atoms with van der Waals surface area (Å²) in [6, 6.07) is 25.2. The van der Waals surface area contributed by atoms with Gasteiger partial charge in [0.05, 0.1) is 11.6 Å². The third-order valence-electron chi connectivity index (χ3n) is 4.10. The van der Waals surface area contributed by atoms with E-state index < -0.39 is 0 Å². The minimum Gasteiger partial charge on any atom is -0.334 e. The lowest BCUT2D eigenvalue weighted by molar-refractivity contribution is 0.102. The van der Waals surface area contributed by atoms with E-state index in [1.54, 1.807) is 48.5 Å². The van der Waals surface area contributed by atoms with Gasteiger partial charge in [-0.15, -0.1) is 0 Å². The minimum atomic E-state index is -0.267. The topological polar surface area (TPSA) is 91.8 Å². The van der Waals surface area contributed by atoms with Crippen LogP contribution < -0.4 is 5.32 Å². The molecular weight excluding hydrogens is 352 g/mol. The van der Waals surface area contributed by atoms with Gasteiger partial charge in [0, 0.05) is 22.4 Å². The predicted molar refractivity (Wildman–Crippen MR) is 104 cm³/mol. The molecule has 1 N–H and O–H groups in total. The van der Waals surface area contributed by atoms with E-state index in [9.17, 15) is 4.79 Å². The second kappa shape index (κ2) is 7.56. The third kappa shape index (κ3) is 3.64. The van der Waals surface area contributed by atoms with Crippen molar-refractivity contribution in [1.29, 1.82) is 5.26 Å². The molecule has 6 nitrogen and oxygen atoms in total. The maximum absolute atomic E-state index is 12.4. The first kappa shape index (κ1) is 17.2. The number of nitrogens with zero attached hydrogens (tertiary/aromatic N) is 3. The maximum atomic E-state index is 12.4. The molecule has 1 aromatic heterocycles. The SMILES string of the molecule is N#Cc1cccc(NC(=O)c2ccc(-c3nc(-c4ccccc4)no3)cc2)c1. The fourth-order valence-corrected chi connectivity index (χ4v) is 2.68. The minimum absolute atomic E-state index is 0.267. The molecule has 0 aliphatic rings. The molecule has 0 bridgehead atoms. The first-order valence-corrected chi connectivity index (χ1v) is 8.54. The van der Waals surface area contributed by atoms with Crippen LogP contribution in [0.5, 0.6) is 0 Å². The van der Waals surface area contributed by atoms with Crippen molar-refractivity contribution in [3.05, 3.63) is 90.0 Å². The van der Waals surface area contributed by atoms with E-state index in [-0.39, 0.29) is 5.91 Å². The lowest BCUT2D eigenvalue weighted by atomic mass is 10.1. The van der Waals surface area contributed by atoms with Gasteiger partial charge in [0.2, 0.25) is 5.82 Å². The fourth-order valence-electron chi connectivity index (χ4n) is 2.68. The van der Waals surface area contributed by atoms with Crippen molar-refractivity contribution in [1.82, 2.24) is 10.1 Å². The Hall–Kier alpha value is -4.24. The van der Waals surface area contributed by atoms with Gasteiger partial charge >= 0.3 is 0 Å². The molecule has 0 fully saturated rings. The number of aromatic nitrogens is 2. The summed E-state index contributed by atoms with van der Waals surface area (Å²) in [5.41, 5.74) is 3.12. The van der Waals surface area contributed by atoms with Crippen LogP contribution in [0, 0.1) is 11.3 Å². The zero-order chi connectivity index (χ0) is 19.3. The van der Waals surface area contributed by atoms with E-state index in [1.165, 1.54) is 0 Å². The number of anilines is 1. The molecule has 134 valence electrons. The summed E-state index contributed by atoms with van der Waals surface area (Å²) in [4.78, 5) is 16.8. The van der Waals surface area contributed by atoms with Gasteiger partial charge in [-0.2, -0.15) is 10.2 Å². The van der Waals surface area contributed by atoms with E-state index in [0.717, 1.165) is 11.1 Å². The van der Waals surface area contributed by atoms with Crippen molar-refractivity contribution >= 4 is 11.6 Å². The summed E-state index contributed by atoms with van der Waals surface area (Å²) >= 11 is 0. The third-order valence-corrected chi connectivity index (χ3v) is 4.10. The number of hydrogen-bond donors (Lipinski definition) is 1. The van der Waals surface area contributed by atoms with Crippen LogP contribution >= 0.6 is 0 Å². The van der Waals surface area contributed by atoms with E-state index in [1.807, 2.05) is 36.4 Å². The van der Waals surface area contributed by atoms with Crippen molar-refractivity contribution in [3.63, 3.8) is 0 Å². The average Bonchev–Trinajstić information content (AvgIpc) is 3.25. The fraction of sp³-hybridized carbons (Fsp3) is 0. The number of rotatable bonds is 4. The smallest absolute Gasteiger partial charge is 0.258 e. The summed E-state index contributed by atoms with van der Waals surface area (Å²) in [6.07, 6.45) is 0. The number of amides is 1. The highest BCUT2D eigenvalue weighted by atomic mass is 16.5. The number of nitrogens with one attached hydrogen (secondary N) is 1. The standard InChI is InChI=1S/C22H14N4O2/c23-14-15-5-4-8-19(13-15)24-21(27)17-9-11-18(12-10-17)22-25-20(26-28-22)16-6-2-1-3-7-16/h1-13H,(H,24,27). The van der Waals surface area contributed by atoms with Crippen LogP contribution in [0.15, 0.2) is 83.4 Å². The predicted octanol–water partition coefficient (Wildman–Crippen LogP) is 4.53. The first-order chi connectivity index (χ1) is 13.7. The Morgan fingerprint density at radius 1 is 0.929 bits per heavy atom.